The van der Waals surface area contributed by atoms with Crippen LogP contribution in [0.4, 0.5) is 18.0 Å². The van der Waals surface area contributed by atoms with Crippen LogP contribution in [0.2, 0.25) is 0 Å². The van der Waals surface area contributed by atoms with E-state index in [4.69, 9.17) is 0 Å². The van der Waals surface area contributed by atoms with Crippen LogP contribution in [0.15, 0.2) is 0 Å². The first-order valence-electron chi connectivity index (χ1n) is 6.41. The molecule has 1 rings (SSSR count). The molecule has 21 heavy (non-hydrogen) atoms. The predicted octanol–water partition coefficient (Wildman–Crippen LogP) is 0.812. The Morgan fingerprint density at radius 3 is 2.14 bits per heavy atom. The Hall–Kier alpha value is -1.03. The molecule has 0 aliphatic carbocycles. The van der Waals surface area contributed by atoms with Gasteiger partial charge >= 0.3 is 12.2 Å². The van der Waals surface area contributed by atoms with Crippen molar-refractivity contribution in [2.24, 2.45) is 5.92 Å². The van der Waals surface area contributed by atoms with E-state index in [1.54, 1.807) is 6.92 Å². The van der Waals surface area contributed by atoms with Crippen LogP contribution in [0.5, 0.6) is 0 Å². The highest BCUT2D eigenvalue weighted by Crippen LogP contribution is 2.37. The molecular formula is C11H20F3N3O3S. The summed E-state index contributed by atoms with van der Waals surface area (Å²) in [7, 11) is -0.278. The summed E-state index contributed by atoms with van der Waals surface area (Å²) in [5.74, 6) is -2.07. The molecule has 1 fully saturated rings. The van der Waals surface area contributed by atoms with Gasteiger partial charge in [-0.2, -0.15) is 13.2 Å². The van der Waals surface area contributed by atoms with E-state index in [1.807, 2.05) is 0 Å². The molecule has 0 bridgehead atoms. The van der Waals surface area contributed by atoms with Gasteiger partial charge in [-0.3, -0.25) is 0 Å². The van der Waals surface area contributed by atoms with Crippen molar-refractivity contribution in [3.05, 3.63) is 0 Å². The highest BCUT2D eigenvalue weighted by atomic mass is 32.2. The van der Waals surface area contributed by atoms with E-state index in [2.05, 4.69) is 0 Å². The molecule has 0 unspecified atom stereocenters. The maximum atomic E-state index is 13.1. The summed E-state index contributed by atoms with van der Waals surface area (Å²) in [5.41, 5.74) is 0. The maximum absolute atomic E-state index is 13.1. The normalized spacial score (nSPS) is 23.7. The van der Waals surface area contributed by atoms with Crippen LogP contribution >= 0.6 is 0 Å². The van der Waals surface area contributed by atoms with Crippen molar-refractivity contribution >= 4 is 16.1 Å². The SMILES string of the molecule is CCN(C)C(=O)N1C[C@@H](C(F)(F)F)[C@H](S(=O)(=O)N(C)C)C1. The molecular weight excluding hydrogens is 311 g/mol. The highest BCUT2D eigenvalue weighted by Gasteiger charge is 2.56. The van der Waals surface area contributed by atoms with Gasteiger partial charge in [0.15, 0.2) is 0 Å². The summed E-state index contributed by atoms with van der Waals surface area (Å²) in [4.78, 5) is 14.2. The van der Waals surface area contributed by atoms with Gasteiger partial charge in [-0.05, 0) is 6.92 Å². The van der Waals surface area contributed by atoms with Crippen LogP contribution in [0.25, 0.3) is 0 Å². The van der Waals surface area contributed by atoms with Crippen LogP contribution in [-0.2, 0) is 10.0 Å². The zero-order chi connectivity index (χ0) is 16.6. The number of alkyl halides is 3. The fourth-order valence-electron chi connectivity index (χ4n) is 2.19. The summed E-state index contributed by atoms with van der Waals surface area (Å²) in [6.07, 6.45) is -4.67. The van der Waals surface area contributed by atoms with Gasteiger partial charge in [-0.25, -0.2) is 17.5 Å². The standard InChI is InChI=1S/C11H20F3N3O3S/c1-5-16(4)10(18)17-6-8(11(12,13)14)9(7-17)21(19,20)15(2)3/h8-9H,5-7H2,1-4H3/t8-,9-/m1/s1. The molecule has 1 heterocycles. The van der Waals surface area contributed by atoms with Crippen LogP contribution in [-0.4, -0.2) is 80.8 Å². The van der Waals surface area contributed by atoms with E-state index >= 15 is 0 Å². The largest absolute Gasteiger partial charge is 0.394 e. The van der Waals surface area contributed by atoms with E-state index in [9.17, 15) is 26.4 Å². The number of carbonyl (C=O) groups excluding carboxylic acids is 1. The van der Waals surface area contributed by atoms with E-state index in [0.717, 1.165) is 9.21 Å². The molecule has 0 aromatic heterocycles. The second kappa shape index (κ2) is 5.99. The Kier molecular flexibility index (Phi) is 5.14. The number of rotatable bonds is 3. The molecule has 0 aromatic rings. The lowest BCUT2D eigenvalue weighted by molar-refractivity contribution is -0.169. The average molecular weight is 331 g/mol. The molecule has 1 aliphatic rings. The van der Waals surface area contributed by atoms with Gasteiger partial charge in [0, 0.05) is 40.8 Å². The molecule has 6 nitrogen and oxygen atoms in total. The molecule has 0 saturated carbocycles. The number of sulfonamides is 1. The fraction of sp³-hybridized carbons (Fsp3) is 0.909. The number of amides is 2. The Morgan fingerprint density at radius 2 is 1.76 bits per heavy atom. The minimum Gasteiger partial charge on any atom is -0.328 e. The zero-order valence-corrected chi connectivity index (χ0v) is 13.2. The molecule has 0 aromatic carbocycles. The van der Waals surface area contributed by atoms with Crippen molar-refractivity contribution < 1.29 is 26.4 Å². The number of likely N-dealkylation sites (tertiary alicyclic amines) is 1. The summed E-state index contributed by atoms with van der Waals surface area (Å²) in [6, 6.07) is -0.594. The number of nitrogens with zero attached hydrogens (tertiary/aromatic N) is 3. The number of urea groups is 1. The molecule has 2 amide bonds. The van der Waals surface area contributed by atoms with E-state index in [1.165, 1.54) is 26.0 Å². The predicted molar refractivity (Wildman–Crippen MR) is 71.2 cm³/mol. The minimum absolute atomic E-state index is 0.330. The first-order valence-corrected chi connectivity index (χ1v) is 7.91. The topological polar surface area (TPSA) is 60.9 Å². The fourth-order valence-corrected chi connectivity index (χ4v) is 3.76. The Bertz CT molecular complexity index is 493. The second-order valence-electron chi connectivity index (χ2n) is 5.22. The first-order chi connectivity index (χ1) is 9.42. The quantitative estimate of drug-likeness (QED) is 0.769. The van der Waals surface area contributed by atoms with Gasteiger partial charge in [-0.1, -0.05) is 0 Å². The minimum atomic E-state index is -4.67. The first kappa shape index (κ1) is 18.0. The van der Waals surface area contributed by atoms with E-state index < -0.39 is 46.5 Å². The van der Waals surface area contributed by atoms with Gasteiger partial charge in [0.05, 0.1) is 5.92 Å². The molecule has 2 atom stereocenters. The van der Waals surface area contributed by atoms with Crippen molar-refractivity contribution in [3.8, 4) is 0 Å². The van der Waals surface area contributed by atoms with E-state index in [0.29, 0.717) is 6.54 Å². The smallest absolute Gasteiger partial charge is 0.328 e. The monoisotopic (exact) mass is 331 g/mol. The third-order valence-corrected chi connectivity index (χ3v) is 5.91. The molecule has 1 aliphatic heterocycles. The summed E-state index contributed by atoms with van der Waals surface area (Å²) >= 11 is 0. The van der Waals surface area contributed by atoms with Gasteiger partial charge < -0.3 is 9.80 Å². The lowest BCUT2D eigenvalue weighted by Crippen LogP contribution is -2.43. The Morgan fingerprint density at radius 1 is 1.24 bits per heavy atom. The molecule has 1 saturated heterocycles. The summed E-state index contributed by atoms with van der Waals surface area (Å²) < 4.78 is 64.2. The second-order valence-corrected chi connectivity index (χ2v) is 7.58. The zero-order valence-electron chi connectivity index (χ0n) is 12.4. The van der Waals surface area contributed by atoms with Crippen LogP contribution in [0.3, 0.4) is 0 Å². The Balaban J connectivity index is 3.10. The highest BCUT2D eigenvalue weighted by molar-refractivity contribution is 7.89. The summed E-state index contributed by atoms with van der Waals surface area (Å²) in [6.45, 7) is 0.929. The summed E-state index contributed by atoms with van der Waals surface area (Å²) in [5, 5.41) is -1.67. The molecule has 124 valence electrons. The lowest BCUT2D eigenvalue weighted by atomic mass is 10.1. The van der Waals surface area contributed by atoms with Crippen LogP contribution in [0.1, 0.15) is 6.92 Å². The molecule has 10 heteroatoms. The number of hydrogen-bond acceptors (Lipinski definition) is 3. The van der Waals surface area contributed by atoms with Crippen LogP contribution < -0.4 is 0 Å². The van der Waals surface area contributed by atoms with Crippen molar-refractivity contribution in [1.82, 2.24) is 14.1 Å². The van der Waals surface area contributed by atoms with Crippen molar-refractivity contribution in [1.29, 1.82) is 0 Å². The van der Waals surface area contributed by atoms with Crippen molar-refractivity contribution in [3.63, 3.8) is 0 Å². The molecule has 0 N–H and O–H groups in total. The third kappa shape index (κ3) is 3.60. The molecule has 0 radical (unpaired) electrons. The van der Waals surface area contributed by atoms with Crippen molar-refractivity contribution in [2.45, 2.75) is 18.3 Å². The van der Waals surface area contributed by atoms with Gasteiger partial charge in [0.2, 0.25) is 10.0 Å². The van der Waals surface area contributed by atoms with Crippen LogP contribution in [0, 0.1) is 5.92 Å². The Labute approximate surface area is 122 Å². The number of carbonyl (C=O) groups is 1. The van der Waals surface area contributed by atoms with Gasteiger partial charge in [-0.15, -0.1) is 0 Å². The lowest BCUT2D eigenvalue weighted by Gasteiger charge is -2.23. The number of halogens is 3. The van der Waals surface area contributed by atoms with Crippen molar-refractivity contribution in [2.75, 3.05) is 40.8 Å². The third-order valence-electron chi connectivity index (χ3n) is 3.65. The van der Waals surface area contributed by atoms with Gasteiger partial charge in [0.25, 0.3) is 0 Å². The van der Waals surface area contributed by atoms with Gasteiger partial charge in [0.1, 0.15) is 5.25 Å². The number of hydrogen-bond donors (Lipinski definition) is 0. The maximum Gasteiger partial charge on any atom is 0.394 e. The molecule has 0 spiro atoms. The van der Waals surface area contributed by atoms with E-state index in [-0.39, 0.29) is 0 Å². The average Bonchev–Trinajstić information content (AvgIpc) is 2.82.